The predicted molar refractivity (Wildman–Crippen MR) is 105 cm³/mol. The first-order valence-corrected chi connectivity index (χ1v) is 9.20. The third-order valence-corrected chi connectivity index (χ3v) is 5.27. The van der Waals surface area contributed by atoms with Crippen molar-refractivity contribution in [2.24, 2.45) is 4.99 Å². The lowest BCUT2D eigenvalue weighted by atomic mass is 10.0. The first kappa shape index (κ1) is 15.4. The van der Waals surface area contributed by atoms with Gasteiger partial charge in [-0.2, -0.15) is 0 Å². The van der Waals surface area contributed by atoms with Crippen LogP contribution in [-0.2, 0) is 19.5 Å². The SMILES string of the molecule is c1ccc(C2=Nc3ccccc3CN2N2CCc3ccccc3C2)cc1. The van der Waals surface area contributed by atoms with E-state index in [1.807, 2.05) is 0 Å². The highest BCUT2D eigenvalue weighted by Gasteiger charge is 2.28. The van der Waals surface area contributed by atoms with Gasteiger partial charge in [-0.25, -0.2) is 10.0 Å². The van der Waals surface area contributed by atoms with Crippen LogP contribution >= 0.6 is 0 Å². The van der Waals surface area contributed by atoms with E-state index in [2.05, 4.69) is 88.9 Å². The van der Waals surface area contributed by atoms with Crippen molar-refractivity contribution in [1.82, 2.24) is 10.0 Å². The number of para-hydroxylation sites is 1. The minimum Gasteiger partial charge on any atom is -0.284 e. The third-order valence-electron chi connectivity index (χ3n) is 5.27. The molecule has 3 heteroatoms. The largest absolute Gasteiger partial charge is 0.284 e. The molecule has 0 amide bonds. The van der Waals surface area contributed by atoms with Crippen LogP contribution in [0.3, 0.4) is 0 Å². The zero-order chi connectivity index (χ0) is 17.3. The highest BCUT2D eigenvalue weighted by atomic mass is 15.6. The second-order valence-electron chi connectivity index (χ2n) is 6.89. The van der Waals surface area contributed by atoms with Gasteiger partial charge in [0.25, 0.3) is 0 Å². The molecule has 2 heterocycles. The van der Waals surface area contributed by atoms with E-state index in [0.29, 0.717) is 0 Å². The maximum absolute atomic E-state index is 5.03. The zero-order valence-corrected chi connectivity index (χ0v) is 14.7. The van der Waals surface area contributed by atoms with Gasteiger partial charge in [-0.1, -0.05) is 72.8 Å². The third kappa shape index (κ3) is 2.71. The van der Waals surface area contributed by atoms with Crippen LogP contribution in [0.1, 0.15) is 22.3 Å². The number of aliphatic imine (C=N–C) groups is 1. The number of fused-ring (bicyclic) bond motifs is 2. The average molecular weight is 339 g/mol. The summed E-state index contributed by atoms with van der Waals surface area (Å²) in [6.45, 7) is 2.82. The normalized spacial score (nSPS) is 16.6. The van der Waals surface area contributed by atoms with Crippen molar-refractivity contribution < 1.29 is 0 Å². The standard InChI is InChI=1S/C23H21N3/c1-2-9-19(10-3-1)23-24-22-13-7-6-12-21(22)17-26(23)25-15-14-18-8-4-5-11-20(18)16-25/h1-13H,14-17H2. The fourth-order valence-electron chi connectivity index (χ4n) is 3.88. The van der Waals surface area contributed by atoms with E-state index in [0.717, 1.165) is 37.6 Å². The Morgan fingerprint density at radius 3 is 2.19 bits per heavy atom. The van der Waals surface area contributed by atoms with Gasteiger partial charge in [-0.3, -0.25) is 5.01 Å². The Bertz CT molecular complexity index is 962. The molecule has 0 N–H and O–H groups in total. The molecule has 2 aliphatic rings. The van der Waals surface area contributed by atoms with Crippen molar-refractivity contribution in [2.75, 3.05) is 6.54 Å². The molecule has 3 nitrogen and oxygen atoms in total. The molecule has 0 radical (unpaired) electrons. The van der Waals surface area contributed by atoms with Crippen LogP contribution in [0.25, 0.3) is 0 Å². The monoisotopic (exact) mass is 339 g/mol. The Hall–Kier alpha value is -2.91. The molecule has 0 aromatic heterocycles. The number of hydrazine groups is 1. The summed E-state index contributed by atoms with van der Waals surface area (Å²) in [6.07, 6.45) is 1.08. The van der Waals surface area contributed by atoms with E-state index in [1.54, 1.807) is 0 Å². The van der Waals surface area contributed by atoms with E-state index in [4.69, 9.17) is 4.99 Å². The highest BCUT2D eigenvalue weighted by molar-refractivity contribution is 6.01. The first-order valence-electron chi connectivity index (χ1n) is 9.20. The molecule has 5 rings (SSSR count). The van der Waals surface area contributed by atoms with Crippen LogP contribution in [0, 0.1) is 0 Å². The van der Waals surface area contributed by atoms with E-state index in [9.17, 15) is 0 Å². The van der Waals surface area contributed by atoms with Gasteiger partial charge < -0.3 is 0 Å². The Morgan fingerprint density at radius 1 is 0.654 bits per heavy atom. The molecule has 0 fully saturated rings. The predicted octanol–water partition coefficient (Wildman–Crippen LogP) is 4.55. The second-order valence-corrected chi connectivity index (χ2v) is 6.89. The molecule has 3 aromatic carbocycles. The topological polar surface area (TPSA) is 18.8 Å². The molecule has 0 spiro atoms. The maximum Gasteiger partial charge on any atom is 0.151 e. The molecule has 0 aliphatic carbocycles. The number of hydrogen-bond acceptors (Lipinski definition) is 3. The van der Waals surface area contributed by atoms with Gasteiger partial charge in [0.2, 0.25) is 0 Å². The van der Waals surface area contributed by atoms with Crippen molar-refractivity contribution in [3.63, 3.8) is 0 Å². The summed E-state index contributed by atoms with van der Waals surface area (Å²) in [6, 6.07) is 27.8. The Balaban J connectivity index is 1.55. The summed E-state index contributed by atoms with van der Waals surface area (Å²) >= 11 is 0. The van der Waals surface area contributed by atoms with E-state index < -0.39 is 0 Å². The average Bonchev–Trinajstić information content (AvgIpc) is 2.73. The highest BCUT2D eigenvalue weighted by Crippen LogP contribution is 2.31. The Kier molecular flexibility index (Phi) is 3.80. The van der Waals surface area contributed by atoms with Crippen LogP contribution in [0.4, 0.5) is 5.69 Å². The fraction of sp³-hybridized carbons (Fsp3) is 0.174. The maximum atomic E-state index is 5.03. The molecule has 3 aromatic rings. The van der Waals surface area contributed by atoms with Gasteiger partial charge in [-0.15, -0.1) is 0 Å². The lowest BCUT2D eigenvalue weighted by Gasteiger charge is -2.42. The quantitative estimate of drug-likeness (QED) is 0.682. The number of benzene rings is 3. The number of nitrogens with zero attached hydrogens (tertiary/aromatic N) is 3. The minimum atomic E-state index is 0.867. The van der Waals surface area contributed by atoms with Crippen LogP contribution in [0.2, 0.25) is 0 Å². The Labute approximate surface area is 154 Å². The number of hydrogen-bond donors (Lipinski definition) is 0. The van der Waals surface area contributed by atoms with Gasteiger partial charge in [0.15, 0.2) is 5.84 Å². The summed E-state index contributed by atoms with van der Waals surface area (Å²) in [5.74, 6) is 1.05. The van der Waals surface area contributed by atoms with Crippen LogP contribution in [-0.4, -0.2) is 22.4 Å². The van der Waals surface area contributed by atoms with Crippen LogP contribution in [0.5, 0.6) is 0 Å². The van der Waals surface area contributed by atoms with Crippen molar-refractivity contribution in [3.05, 3.63) is 101 Å². The van der Waals surface area contributed by atoms with Crippen molar-refractivity contribution >= 4 is 11.5 Å². The molecule has 2 aliphatic heterocycles. The zero-order valence-electron chi connectivity index (χ0n) is 14.7. The summed E-state index contributed by atoms with van der Waals surface area (Å²) in [7, 11) is 0. The van der Waals surface area contributed by atoms with Gasteiger partial charge in [0, 0.05) is 18.7 Å². The second kappa shape index (κ2) is 6.43. The number of amidine groups is 1. The lowest BCUT2D eigenvalue weighted by molar-refractivity contribution is 0.0222. The summed E-state index contributed by atoms with van der Waals surface area (Å²) in [4.78, 5) is 5.03. The van der Waals surface area contributed by atoms with Crippen molar-refractivity contribution in [2.45, 2.75) is 19.5 Å². The van der Waals surface area contributed by atoms with Crippen molar-refractivity contribution in [1.29, 1.82) is 0 Å². The molecule has 0 unspecified atom stereocenters. The minimum absolute atomic E-state index is 0.867. The van der Waals surface area contributed by atoms with E-state index in [-0.39, 0.29) is 0 Å². The van der Waals surface area contributed by atoms with Crippen molar-refractivity contribution in [3.8, 4) is 0 Å². The Morgan fingerprint density at radius 2 is 1.35 bits per heavy atom. The van der Waals surface area contributed by atoms with Crippen LogP contribution < -0.4 is 0 Å². The van der Waals surface area contributed by atoms with Gasteiger partial charge in [-0.05, 0) is 29.2 Å². The lowest BCUT2D eigenvalue weighted by Crippen LogP contribution is -2.49. The molecule has 26 heavy (non-hydrogen) atoms. The molecular weight excluding hydrogens is 318 g/mol. The number of rotatable bonds is 2. The first-order chi connectivity index (χ1) is 12.9. The molecule has 128 valence electrons. The summed E-state index contributed by atoms with van der Waals surface area (Å²) in [5, 5.41) is 4.82. The fourth-order valence-corrected chi connectivity index (χ4v) is 3.88. The molecule has 0 saturated heterocycles. The smallest absolute Gasteiger partial charge is 0.151 e. The molecular formula is C23H21N3. The van der Waals surface area contributed by atoms with E-state index >= 15 is 0 Å². The molecule has 0 bridgehead atoms. The van der Waals surface area contributed by atoms with Crippen LogP contribution in [0.15, 0.2) is 83.9 Å². The molecule has 0 saturated carbocycles. The van der Waals surface area contributed by atoms with Gasteiger partial charge >= 0.3 is 0 Å². The van der Waals surface area contributed by atoms with Gasteiger partial charge in [0.05, 0.1) is 12.2 Å². The summed E-state index contributed by atoms with van der Waals surface area (Å²) in [5.41, 5.74) is 6.43. The molecule has 0 atom stereocenters. The summed E-state index contributed by atoms with van der Waals surface area (Å²) < 4.78 is 0. The van der Waals surface area contributed by atoms with Gasteiger partial charge in [0.1, 0.15) is 0 Å². The van der Waals surface area contributed by atoms with E-state index in [1.165, 1.54) is 22.3 Å².